The van der Waals surface area contributed by atoms with Gasteiger partial charge in [0.15, 0.2) is 0 Å². The SMILES string of the molecule is CSCCCCCNC(=O)C1(C#N)CCCCCC1. The maximum Gasteiger partial charge on any atom is 0.240 e. The largest absolute Gasteiger partial charge is 0.355 e. The van der Waals surface area contributed by atoms with E-state index in [-0.39, 0.29) is 5.91 Å². The molecule has 0 heterocycles. The van der Waals surface area contributed by atoms with Gasteiger partial charge in [-0.3, -0.25) is 4.79 Å². The zero-order chi connectivity index (χ0) is 14.0. The molecule has 4 heteroatoms. The summed E-state index contributed by atoms with van der Waals surface area (Å²) in [5, 5.41) is 12.4. The van der Waals surface area contributed by atoms with E-state index in [0.717, 1.165) is 57.9 Å². The Bertz CT molecular complexity index is 304. The van der Waals surface area contributed by atoms with Gasteiger partial charge in [0.25, 0.3) is 0 Å². The third-order valence-electron chi connectivity index (χ3n) is 3.92. The van der Waals surface area contributed by atoms with E-state index >= 15 is 0 Å². The molecule has 1 aliphatic rings. The number of rotatable bonds is 7. The molecule has 0 atom stereocenters. The van der Waals surface area contributed by atoms with Crippen molar-refractivity contribution < 1.29 is 4.79 Å². The quantitative estimate of drug-likeness (QED) is 0.574. The monoisotopic (exact) mass is 282 g/mol. The molecule has 1 fully saturated rings. The van der Waals surface area contributed by atoms with Gasteiger partial charge in [-0.1, -0.05) is 32.1 Å². The van der Waals surface area contributed by atoms with Crippen molar-refractivity contribution in [1.29, 1.82) is 5.26 Å². The topological polar surface area (TPSA) is 52.9 Å². The van der Waals surface area contributed by atoms with Crippen LogP contribution in [0.4, 0.5) is 0 Å². The van der Waals surface area contributed by atoms with Crippen LogP contribution in [0, 0.1) is 16.7 Å². The van der Waals surface area contributed by atoms with Gasteiger partial charge in [0.05, 0.1) is 6.07 Å². The first kappa shape index (κ1) is 16.4. The molecule has 0 bridgehead atoms. The van der Waals surface area contributed by atoms with Crippen molar-refractivity contribution in [3.63, 3.8) is 0 Å². The van der Waals surface area contributed by atoms with Crippen LogP contribution in [0.3, 0.4) is 0 Å². The van der Waals surface area contributed by atoms with E-state index in [1.807, 2.05) is 11.8 Å². The minimum Gasteiger partial charge on any atom is -0.355 e. The van der Waals surface area contributed by atoms with Gasteiger partial charge in [0, 0.05) is 6.54 Å². The Labute approximate surface area is 121 Å². The zero-order valence-corrected chi connectivity index (χ0v) is 12.9. The van der Waals surface area contributed by atoms with Crippen LogP contribution in [0.1, 0.15) is 57.8 Å². The highest BCUT2D eigenvalue weighted by Crippen LogP contribution is 2.34. The number of nitrogens with zero attached hydrogens (tertiary/aromatic N) is 1. The molecule has 1 rings (SSSR count). The third kappa shape index (κ3) is 5.44. The molecule has 0 aromatic carbocycles. The molecule has 0 aliphatic heterocycles. The molecule has 1 amide bonds. The van der Waals surface area contributed by atoms with Gasteiger partial charge in [0.2, 0.25) is 5.91 Å². The summed E-state index contributed by atoms with van der Waals surface area (Å²) in [6, 6.07) is 2.30. The van der Waals surface area contributed by atoms with Crippen LogP contribution in [0.2, 0.25) is 0 Å². The van der Waals surface area contributed by atoms with Crippen LogP contribution < -0.4 is 5.32 Å². The molecule has 0 aromatic heterocycles. The fourth-order valence-corrected chi connectivity index (χ4v) is 3.13. The number of carbonyl (C=O) groups excluding carboxylic acids is 1. The van der Waals surface area contributed by atoms with Gasteiger partial charge in [0.1, 0.15) is 5.41 Å². The second kappa shape index (κ2) is 9.25. The first-order valence-corrected chi connectivity index (χ1v) is 8.83. The number of nitrogens with one attached hydrogen (secondary N) is 1. The minimum absolute atomic E-state index is 0.0261. The van der Waals surface area contributed by atoms with E-state index in [0.29, 0.717) is 0 Å². The van der Waals surface area contributed by atoms with Crippen LogP contribution in [-0.4, -0.2) is 24.5 Å². The van der Waals surface area contributed by atoms with E-state index in [2.05, 4.69) is 17.6 Å². The van der Waals surface area contributed by atoms with Gasteiger partial charge in [-0.05, 0) is 37.7 Å². The Balaban J connectivity index is 2.31. The highest BCUT2D eigenvalue weighted by Gasteiger charge is 2.38. The predicted molar refractivity (Wildman–Crippen MR) is 81.0 cm³/mol. The highest BCUT2D eigenvalue weighted by atomic mass is 32.2. The van der Waals surface area contributed by atoms with E-state index in [1.165, 1.54) is 12.2 Å². The lowest BCUT2D eigenvalue weighted by Crippen LogP contribution is -2.40. The fourth-order valence-electron chi connectivity index (χ4n) is 2.64. The molecule has 108 valence electrons. The molecular formula is C15H26N2OS. The average molecular weight is 282 g/mol. The fraction of sp³-hybridized carbons (Fsp3) is 0.867. The first-order chi connectivity index (χ1) is 9.25. The predicted octanol–water partition coefficient (Wildman–Crippen LogP) is 3.50. The Hall–Kier alpha value is -0.690. The van der Waals surface area contributed by atoms with E-state index in [4.69, 9.17) is 0 Å². The Kier molecular flexibility index (Phi) is 7.97. The molecule has 1 N–H and O–H groups in total. The summed E-state index contributed by atoms with van der Waals surface area (Å²) in [6.45, 7) is 0.719. The first-order valence-electron chi connectivity index (χ1n) is 7.44. The van der Waals surface area contributed by atoms with Crippen molar-refractivity contribution in [2.75, 3.05) is 18.6 Å². The highest BCUT2D eigenvalue weighted by molar-refractivity contribution is 7.98. The van der Waals surface area contributed by atoms with Crippen LogP contribution >= 0.6 is 11.8 Å². The van der Waals surface area contributed by atoms with E-state index < -0.39 is 5.41 Å². The molecule has 0 saturated heterocycles. The van der Waals surface area contributed by atoms with Gasteiger partial charge in [-0.15, -0.1) is 0 Å². The molecule has 0 unspecified atom stereocenters. The van der Waals surface area contributed by atoms with Crippen LogP contribution in [0.5, 0.6) is 0 Å². The minimum atomic E-state index is -0.740. The van der Waals surface area contributed by atoms with Crippen LogP contribution in [-0.2, 0) is 4.79 Å². The van der Waals surface area contributed by atoms with E-state index in [1.54, 1.807) is 0 Å². The second-order valence-electron chi connectivity index (χ2n) is 5.42. The smallest absolute Gasteiger partial charge is 0.240 e. The van der Waals surface area contributed by atoms with Gasteiger partial charge >= 0.3 is 0 Å². The summed E-state index contributed by atoms with van der Waals surface area (Å²) in [5.74, 6) is 1.16. The maximum atomic E-state index is 12.3. The second-order valence-corrected chi connectivity index (χ2v) is 6.40. The van der Waals surface area contributed by atoms with Crippen molar-refractivity contribution in [2.45, 2.75) is 57.8 Å². The summed E-state index contributed by atoms with van der Waals surface area (Å²) < 4.78 is 0. The van der Waals surface area contributed by atoms with Gasteiger partial charge in [-0.2, -0.15) is 17.0 Å². The number of unbranched alkanes of at least 4 members (excludes halogenated alkanes) is 2. The Morgan fingerprint density at radius 1 is 1.21 bits per heavy atom. The maximum absolute atomic E-state index is 12.3. The van der Waals surface area contributed by atoms with Crippen molar-refractivity contribution >= 4 is 17.7 Å². The summed E-state index contributed by atoms with van der Waals surface area (Å²) in [6.07, 6.45) is 11.3. The molecule has 0 radical (unpaired) electrons. The van der Waals surface area contributed by atoms with Crippen molar-refractivity contribution in [2.24, 2.45) is 5.41 Å². The number of nitriles is 1. The standard InChI is InChI=1S/C15H26N2OS/c1-19-12-8-4-7-11-17-14(18)15(13-16)9-5-2-3-6-10-15/h2-12H2,1H3,(H,17,18). The van der Waals surface area contributed by atoms with Gasteiger partial charge in [-0.25, -0.2) is 0 Å². The molecule has 1 saturated carbocycles. The number of amides is 1. The lowest BCUT2D eigenvalue weighted by molar-refractivity contribution is -0.128. The summed E-state index contributed by atoms with van der Waals surface area (Å²) >= 11 is 1.86. The summed E-state index contributed by atoms with van der Waals surface area (Å²) in [7, 11) is 0. The summed E-state index contributed by atoms with van der Waals surface area (Å²) in [4.78, 5) is 12.3. The summed E-state index contributed by atoms with van der Waals surface area (Å²) in [5.41, 5.74) is -0.740. The van der Waals surface area contributed by atoms with E-state index in [9.17, 15) is 10.1 Å². The molecule has 19 heavy (non-hydrogen) atoms. The molecular weight excluding hydrogens is 256 g/mol. The molecule has 0 aromatic rings. The van der Waals surface area contributed by atoms with Crippen molar-refractivity contribution in [1.82, 2.24) is 5.32 Å². The van der Waals surface area contributed by atoms with Crippen molar-refractivity contribution in [3.8, 4) is 6.07 Å². The van der Waals surface area contributed by atoms with Crippen molar-refractivity contribution in [3.05, 3.63) is 0 Å². The normalized spacial score (nSPS) is 18.3. The number of thioether (sulfide) groups is 1. The molecule has 0 spiro atoms. The molecule has 1 aliphatic carbocycles. The Morgan fingerprint density at radius 2 is 1.89 bits per heavy atom. The van der Waals surface area contributed by atoms with Crippen LogP contribution in [0.15, 0.2) is 0 Å². The average Bonchev–Trinajstić information content (AvgIpc) is 2.68. The molecule has 3 nitrogen and oxygen atoms in total. The third-order valence-corrected chi connectivity index (χ3v) is 4.61. The number of hydrogen-bond acceptors (Lipinski definition) is 3. The zero-order valence-electron chi connectivity index (χ0n) is 12.0. The number of hydrogen-bond donors (Lipinski definition) is 1. The lowest BCUT2D eigenvalue weighted by atomic mass is 9.81. The Morgan fingerprint density at radius 3 is 2.47 bits per heavy atom. The number of carbonyl (C=O) groups is 1. The lowest BCUT2D eigenvalue weighted by Gasteiger charge is -2.23. The van der Waals surface area contributed by atoms with Gasteiger partial charge < -0.3 is 5.32 Å². The van der Waals surface area contributed by atoms with Crippen LogP contribution in [0.25, 0.3) is 0 Å².